The number of aromatic nitrogens is 1. The van der Waals surface area contributed by atoms with Gasteiger partial charge < -0.3 is 10.1 Å². The van der Waals surface area contributed by atoms with Crippen molar-refractivity contribution in [1.29, 1.82) is 0 Å². The predicted molar refractivity (Wildman–Crippen MR) is 100 cm³/mol. The summed E-state index contributed by atoms with van der Waals surface area (Å²) in [5.74, 6) is 0.411. The number of aliphatic imine (C=N–C) groups is 1. The van der Waals surface area contributed by atoms with E-state index < -0.39 is 0 Å². The van der Waals surface area contributed by atoms with Gasteiger partial charge in [0, 0.05) is 35.4 Å². The number of aryl methyl sites for hydroxylation is 1. The summed E-state index contributed by atoms with van der Waals surface area (Å²) in [5, 5.41) is 2.74. The van der Waals surface area contributed by atoms with E-state index in [1.54, 1.807) is 31.8 Å². The molecule has 1 unspecified atom stereocenters. The van der Waals surface area contributed by atoms with Gasteiger partial charge in [-0.25, -0.2) is 4.99 Å². The molecule has 25 heavy (non-hydrogen) atoms. The molecule has 0 aliphatic carbocycles. The SMILES string of the molecule is COC1=C(c2ccc(NC(=O)c3ccncc3C)cc2)CC(Cl)C=N1. The second-order valence-electron chi connectivity index (χ2n) is 5.71. The van der Waals surface area contributed by atoms with E-state index in [0.29, 0.717) is 23.6 Å². The standard InChI is InChI=1S/C19H18ClN3O2/c1-12-10-21-8-7-16(12)18(24)23-15-5-3-13(4-6-15)17-9-14(20)11-22-19(17)25-2/h3-8,10-11,14H,9H2,1-2H3,(H,23,24). The molecule has 0 fully saturated rings. The van der Waals surface area contributed by atoms with Crippen LogP contribution in [0.3, 0.4) is 0 Å². The Hall–Kier alpha value is -2.66. The molecule has 0 radical (unpaired) electrons. The number of ether oxygens (including phenoxy) is 1. The molecule has 128 valence electrons. The molecule has 1 aliphatic heterocycles. The molecule has 1 aliphatic rings. The molecular formula is C19H18ClN3O2. The smallest absolute Gasteiger partial charge is 0.256 e. The van der Waals surface area contributed by atoms with Gasteiger partial charge in [-0.3, -0.25) is 9.78 Å². The van der Waals surface area contributed by atoms with Crippen LogP contribution in [0, 0.1) is 6.92 Å². The fraction of sp³-hybridized carbons (Fsp3) is 0.211. The lowest BCUT2D eigenvalue weighted by Crippen LogP contribution is -2.13. The van der Waals surface area contributed by atoms with Crippen LogP contribution in [0.2, 0.25) is 0 Å². The molecule has 0 spiro atoms. The monoisotopic (exact) mass is 355 g/mol. The Kier molecular flexibility index (Phi) is 5.14. The second-order valence-corrected chi connectivity index (χ2v) is 6.27. The van der Waals surface area contributed by atoms with Crippen LogP contribution >= 0.6 is 11.6 Å². The third-order valence-corrected chi connectivity index (χ3v) is 4.23. The molecule has 1 atom stereocenters. The molecule has 1 amide bonds. The molecule has 1 N–H and O–H groups in total. The van der Waals surface area contributed by atoms with Gasteiger partial charge in [0.1, 0.15) is 0 Å². The van der Waals surface area contributed by atoms with Gasteiger partial charge in [0.15, 0.2) is 0 Å². The van der Waals surface area contributed by atoms with E-state index in [1.165, 1.54) is 0 Å². The van der Waals surface area contributed by atoms with E-state index >= 15 is 0 Å². The topological polar surface area (TPSA) is 63.6 Å². The Balaban J connectivity index is 1.79. The van der Waals surface area contributed by atoms with E-state index in [0.717, 1.165) is 16.7 Å². The summed E-state index contributed by atoms with van der Waals surface area (Å²) in [6.07, 6.45) is 5.60. The zero-order valence-electron chi connectivity index (χ0n) is 14.0. The summed E-state index contributed by atoms with van der Waals surface area (Å²) in [5.41, 5.74) is 4.08. The van der Waals surface area contributed by atoms with Gasteiger partial charge in [-0.2, -0.15) is 0 Å². The summed E-state index contributed by atoms with van der Waals surface area (Å²) >= 11 is 6.17. The number of carbonyl (C=O) groups is 1. The maximum atomic E-state index is 12.4. The molecule has 3 rings (SSSR count). The number of nitrogens with one attached hydrogen (secondary N) is 1. The number of nitrogens with zero attached hydrogens (tertiary/aromatic N) is 2. The molecule has 6 heteroatoms. The van der Waals surface area contributed by atoms with E-state index in [-0.39, 0.29) is 11.3 Å². The summed E-state index contributed by atoms with van der Waals surface area (Å²) in [7, 11) is 1.59. The molecule has 1 aromatic carbocycles. The second kappa shape index (κ2) is 7.49. The number of pyridine rings is 1. The first-order chi connectivity index (χ1) is 12.1. The van der Waals surface area contributed by atoms with Crippen LogP contribution < -0.4 is 5.32 Å². The maximum absolute atomic E-state index is 12.4. The Morgan fingerprint density at radius 3 is 2.72 bits per heavy atom. The molecule has 2 aromatic rings. The third kappa shape index (κ3) is 3.88. The minimum atomic E-state index is -0.160. The average Bonchev–Trinajstić information content (AvgIpc) is 2.62. The van der Waals surface area contributed by atoms with Crippen LogP contribution in [0.5, 0.6) is 0 Å². The molecule has 0 saturated carbocycles. The number of halogens is 1. The van der Waals surface area contributed by atoms with Gasteiger partial charge in [0.05, 0.1) is 12.5 Å². The third-order valence-electron chi connectivity index (χ3n) is 3.96. The van der Waals surface area contributed by atoms with Crippen molar-refractivity contribution in [2.45, 2.75) is 18.7 Å². The number of carbonyl (C=O) groups excluding carboxylic acids is 1. The highest BCUT2D eigenvalue weighted by Crippen LogP contribution is 2.30. The highest BCUT2D eigenvalue weighted by Gasteiger charge is 2.18. The van der Waals surface area contributed by atoms with E-state index in [9.17, 15) is 4.79 Å². The van der Waals surface area contributed by atoms with Crippen molar-refractivity contribution in [2.75, 3.05) is 12.4 Å². The normalized spacial score (nSPS) is 16.7. The van der Waals surface area contributed by atoms with Gasteiger partial charge in [-0.1, -0.05) is 12.1 Å². The number of allylic oxidation sites excluding steroid dienone is 1. The van der Waals surface area contributed by atoms with E-state index in [4.69, 9.17) is 16.3 Å². The number of benzene rings is 1. The van der Waals surface area contributed by atoms with E-state index in [2.05, 4.69) is 15.3 Å². The molecule has 5 nitrogen and oxygen atoms in total. The number of amides is 1. The van der Waals surface area contributed by atoms with Crippen molar-refractivity contribution in [3.05, 3.63) is 65.3 Å². The predicted octanol–water partition coefficient (Wildman–Crippen LogP) is 4.04. The average molecular weight is 356 g/mol. The minimum Gasteiger partial charge on any atom is -0.481 e. The fourth-order valence-corrected chi connectivity index (χ4v) is 2.87. The Morgan fingerprint density at radius 2 is 2.04 bits per heavy atom. The number of alkyl halides is 1. The molecule has 0 bridgehead atoms. The first kappa shape index (κ1) is 17.2. The van der Waals surface area contributed by atoms with Gasteiger partial charge in [-0.05, 0) is 42.7 Å². The first-order valence-corrected chi connectivity index (χ1v) is 8.30. The number of methoxy groups -OCH3 is 1. The van der Waals surface area contributed by atoms with Gasteiger partial charge >= 0.3 is 0 Å². The van der Waals surface area contributed by atoms with Gasteiger partial charge in [0.25, 0.3) is 5.91 Å². The summed E-state index contributed by atoms with van der Waals surface area (Å²) in [6.45, 7) is 1.86. The lowest BCUT2D eigenvalue weighted by atomic mass is 9.99. The van der Waals surface area contributed by atoms with Crippen molar-refractivity contribution in [3.63, 3.8) is 0 Å². The van der Waals surface area contributed by atoms with Gasteiger partial charge in [-0.15, -0.1) is 11.6 Å². The van der Waals surface area contributed by atoms with Crippen LogP contribution in [0.25, 0.3) is 5.57 Å². The van der Waals surface area contributed by atoms with Crippen molar-refractivity contribution >= 4 is 35.0 Å². The van der Waals surface area contributed by atoms with E-state index in [1.807, 2.05) is 31.2 Å². The lowest BCUT2D eigenvalue weighted by molar-refractivity contribution is 0.102. The highest BCUT2D eigenvalue weighted by molar-refractivity contribution is 6.29. The van der Waals surface area contributed by atoms with Crippen molar-refractivity contribution in [2.24, 2.45) is 4.99 Å². The summed E-state index contributed by atoms with van der Waals surface area (Å²) in [4.78, 5) is 20.6. The maximum Gasteiger partial charge on any atom is 0.256 e. The van der Waals surface area contributed by atoms with Crippen molar-refractivity contribution in [1.82, 2.24) is 4.98 Å². The molecular weight excluding hydrogens is 338 g/mol. The van der Waals surface area contributed by atoms with Crippen LogP contribution in [-0.2, 0) is 4.74 Å². The Morgan fingerprint density at radius 1 is 1.28 bits per heavy atom. The van der Waals surface area contributed by atoms with Crippen LogP contribution in [0.4, 0.5) is 5.69 Å². The number of rotatable bonds is 4. The number of hydrogen-bond donors (Lipinski definition) is 1. The zero-order valence-corrected chi connectivity index (χ0v) is 14.7. The molecule has 1 aromatic heterocycles. The summed E-state index contributed by atoms with van der Waals surface area (Å²) in [6, 6.07) is 9.26. The van der Waals surface area contributed by atoms with Crippen molar-refractivity contribution in [3.8, 4) is 0 Å². The Labute approximate surface area is 151 Å². The quantitative estimate of drug-likeness (QED) is 0.842. The van der Waals surface area contributed by atoms with Crippen LogP contribution in [-0.4, -0.2) is 29.6 Å². The fourth-order valence-electron chi connectivity index (χ4n) is 2.66. The van der Waals surface area contributed by atoms with Gasteiger partial charge in [0.2, 0.25) is 5.88 Å². The lowest BCUT2D eigenvalue weighted by Gasteiger charge is -2.17. The molecule has 2 heterocycles. The van der Waals surface area contributed by atoms with Crippen LogP contribution in [0.1, 0.15) is 27.9 Å². The zero-order chi connectivity index (χ0) is 17.8. The van der Waals surface area contributed by atoms with Crippen LogP contribution in [0.15, 0.2) is 53.6 Å². The highest BCUT2D eigenvalue weighted by atomic mass is 35.5. The Bertz CT molecular complexity index is 844. The van der Waals surface area contributed by atoms with Crippen molar-refractivity contribution < 1.29 is 9.53 Å². The summed E-state index contributed by atoms with van der Waals surface area (Å²) < 4.78 is 5.32. The molecule has 0 saturated heterocycles. The number of anilines is 1. The largest absolute Gasteiger partial charge is 0.481 e. The first-order valence-electron chi connectivity index (χ1n) is 7.86. The minimum absolute atomic E-state index is 0.150. The number of hydrogen-bond acceptors (Lipinski definition) is 4.